The van der Waals surface area contributed by atoms with Crippen molar-refractivity contribution < 1.29 is 14.4 Å². The summed E-state index contributed by atoms with van der Waals surface area (Å²) in [6.07, 6.45) is 1.24. The zero-order valence-corrected chi connectivity index (χ0v) is 17.8. The van der Waals surface area contributed by atoms with Gasteiger partial charge in [0.25, 0.3) is 5.91 Å². The highest BCUT2D eigenvalue weighted by atomic mass is 16.2. The van der Waals surface area contributed by atoms with Crippen LogP contribution >= 0.6 is 0 Å². The summed E-state index contributed by atoms with van der Waals surface area (Å²) < 4.78 is 0. The molecule has 0 aromatic heterocycles. The van der Waals surface area contributed by atoms with Crippen LogP contribution in [0.1, 0.15) is 43.9 Å². The summed E-state index contributed by atoms with van der Waals surface area (Å²) in [5, 5.41) is 9.31. The van der Waals surface area contributed by atoms with Crippen molar-refractivity contribution in [1.29, 1.82) is 0 Å². The van der Waals surface area contributed by atoms with Gasteiger partial charge in [-0.3, -0.25) is 9.59 Å². The maximum Gasteiger partial charge on any atom is 0.335 e. The minimum absolute atomic E-state index is 0.0331. The molecular formula is C23H29N5O3. The van der Waals surface area contributed by atoms with E-state index in [-0.39, 0.29) is 18.0 Å². The Morgan fingerprint density at radius 2 is 1.52 bits per heavy atom. The second-order valence-corrected chi connectivity index (χ2v) is 7.12. The van der Waals surface area contributed by atoms with Gasteiger partial charge in [0.05, 0.1) is 18.6 Å². The fourth-order valence-electron chi connectivity index (χ4n) is 2.97. The number of amides is 3. The van der Waals surface area contributed by atoms with Gasteiger partial charge in [-0.25, -0.2) is 10.2 Å². The molecule has 164 valence electrons. The summed E-state index contributed by atoms with van der Waals surface area (Å²) in [6, 6.07) is 17.4. The minimum Gasteiger partial charge on any atom is -0.344 e. The third-order valence-corrected chi connectivity index (χ3v) is 4.50. The molecule has 0 spiro atoms. The lowest BCUT2D eigenvalue weighted by Gasteiger charge is -2.20. The first-order valence-corrected chi connectivity index (χ1v) is 10.2. The maximum absolute atomic E-state index is 12.6. The van der Waals surface area contributed by atoms with Crippen LogP contribution in [0.25, 0.3) is 0 Å². The van der Waals surface area contributed by atoms with Crippen molar-refractivity contribution in [3.8, 4) is 0 Å². The Labute approximate surface area is 182 Å². The lowest BCUT2D eigenvalue weighted by molar-refractivity contribution is -0.120. The van der Waals surface area contributed by atoms with Crippen molar-refractivity contribution >= 4 is 23.4 Å². The monoisotopic (exact) mass is 423 g/mol. The molecule has 0 heterocycles. The first kappa shape index (κ1) is 23.8. The predicted octanol–water partition coefficient (Wildman–Crippen LogP) is 2.26. The first-order chi connectivity index (χ1) is 14.9. The van der Waals surface area contributed by atoms with E-state index in [4.69, 9.17) is 5.73 Å². The van der Waals surface area contributed by atoms with Gasteiger partial charge in [-0.15, -0.1) is 0 Å². The third kappa shape index (κ3) is 7.67. The molecule has 8 nitrogen and oxygen atoms in total. The number of urea groups is 1. The average Bonchev–Trinajstić information content (AvgIpc) is 2.77. The van der Waals surface area contributed by atoms with Crippen molar-refractivity contribution in [2.75, 3.05) is 6.54 Å². The molecule has 0 radical (unpaired) electrons. The van der Waals surface area contributed by atoms with Gasteiger partial charge in [-0.1, -0.05) is 74.0 Å². The quantitative estimate of drug-likeness (QED) is 0.345. The Morgan fingerprint density at radius 3 is 2.00 bits per heavy atom. The van der Waals surface area contributed by atoms with E-state index in [2.05, 4.69) is 21.2 Å². The number of rotatable bonds is 10. The van der Waals surface area contributed by atoms with Gasteiger partial charge in [0.1, 0.15) is 11.5 Å². The van der Waals surface area contributed by atoms with Crippen LogP contribution in [0.4, 0.5) is 4.79 Å². The lowest BCUT2D eigenvalue weighted by atomic mass is 9.99. The largest absolute Gasteiger partial charge is 0.344 e. The van der Waals surface area contributed by atoms with Crippen LogP contribution in [0.15, 0.2) is 65.8 Å². The molecule has 1 unspecified atom stereocenters. The number of hydrazone groups is 1. The van der Waals surface area contributed by atoms with Crippen LogP contribution in [0.3, 0.4) is 0 Å². The molecule has 31 heavy (non-hydrogen) atoms. The normalized spacial score (nSPS) is 12.2. The highest BCUT2D eigenvalue weighted by molar-refractivity contribution is 6.41. The van der Waals surface area contributed by atoms with Crippen molar-refractivity contribution in [2.45, 2.75) is 38.8 Å². The zero-order valence-electron chi connectivity index (χ0n) is 17.8. The van der Waals surface area contributed by atoms with E-state index in [0.29, 0.717) is 6.42 Å². The molecule has 0 aliphatic rings. The summed E-state index contributed by atoms with van der Waals surface area (Å²) in [4.78, 5) is 36.2. The number of nitrogens with zero attached hydrogens (tertiary/aromatic N) is 1. The predicted molar refractivity (Wildman–Crippen MR) is 120 cm³/mol. The van der Waals surface area contributed by atoms with Crippen LogP contribution in [-0.4, -0.2) is 36.0 Å². The Hall–Kier alpha value is -3.52. The zero-order chi connectivity index (χ0) is 22.6. The number of nitrogens with two attached hydrogens (primary N) is 1. The van der Waals surface area contributed by atoms with Gasteiger partial charge < -0.3 is 16.4 Å². The smallest absolute Gasteiger partial charge is 0.335 e. The van der Waals surface area contributed by atoms with Gasteiger partial charge in [-0.05, 0) is 24.5 Å². The van der Waals surface area contributed by atoms with E-state index in [0.717, 1.165) is 17.5 Å². The molecule has 1 atom stereocenters. The first-order valence-electron chi connectivity index (χ1n) is 10.2. The number of Topliss-reactive ketones (excluding diaryl/α,β-unsaturated/α-hetero) is 1. The number of carbonyl (C=O) groups excluding carboxylic acids is 3. The van der Waals surface area contributed by atoms with Crippen molar-refractivity contribution in [2.24, 2.45) is 10.8 Å². The molecule has 2 aromatic rings. The maximum atomic E-state index is 12.6. The number of ketones is 1. The standard InChI is InChI=1S/C23H29N5O3/c1-3-10-19(24)21(22(30)25-15-16(2)29)27-28-23(31)26-20(17-11-6-4-7-12-17)18-13-8-5-9-14-18/h4-9,11-14,19-20H,3,10,15,24H2,1-2H3,(H,25,30)(H2,26,28,31). The van der Waals surface area contributed by atoms with Crippen molar-refractivity contribution in [1.82, 2.24) is 16.1 Å². The van der Waals surface area contributed by atoms with Gasteiger partial charge in [0.15, 0.2) is 0 Å². The molecule has 0 saturated carbocycles. The van der Waals surface area contributed by atoms with Crippen LogP contribution in [0.2, 0.25) is 0 Å². The summed E-state index contributed by atoms with van der Waals surface area (Å²) in [5.74, 6) is -0.782. The Balaban J connectivity index is 2.17. The molecule has 3 amide bonds. The van der Waals surface area contributed by atoms with E-state index in [1.807, 2.05) is 67.6 Å². The van der Waals surface area contributed by atoms with Crippen molar-refractivity contribution in [3.63, 3.8) is 0 Å². The van der Waals surface area contributed by atoms with Crippen LogP contribution in [-0.2, 0) is 9.59 Å². The molecule has 5 N–H and O–H groups in total. The van der Waals surface area contributed by atoms with E-state index in [9.17, 15) is 14.4 Å². The molecule has 0 aliphatic carbocycles. The SMILES string of the molecule is CCCC(N)C(=NNC(=O)NC(c1ccccc1)c1ccccc1)C(=O)NCC(C)=O. The van der Waals surface area contributed by atoms with E-state index >= 15 is 0 Å². The van der Waals surface area contributed by atoms with E-state index in [1.165, 1.54) is 6.92 Å². The van der Waals surface area contributed by atoms with Crippen LogP contribution in [0, 0.1) is 0 Å². The summed E-state index contributed by atoms with van der Waals surface area (Å²) in [6.45, 7) is 3.16. The van der Waals surface area contributed by atoms with E-state index in [1.54, 1.807) is 0 Å². The molecule has 0 fully saturated rings. The van der Waals surface area contributed by atoms with Gasteiger partial charge in [0, 0.05) is 0 Å². The molecular weight excluding hydrogens is 394 g/mol. The molecule has 2 rings (SSSR count). The fourth-order valence-corrected chi connectivity index (χ4v) is 2.97. The Kier molecular flexibility index (Phi) is 9.38. The van der Waals surface area contributed by atoms with Gasteiger partial charge in [-0.2, -0.15) is 5.10 Å². The Morgan fingerprint density at radius 1 is 0.968 bits per heavy atom. The highest BCUT2D eigenvalue weighted by Gasteiger charge is 2.21. The molecule has 8 heteroatoms. The fraction of sp³-hybridized carbons (Fsp3) is 0.304. The van der Waals surface area contributed by atoms with Gasteiger partial charge in [0.2, 0.25) is 0 Å². The number of nitrogens with one attached hydrogen (secondary N) is 3. The minimum atomic E-state index is -0.670. The van der Waals surface area contributed by atoms with Gasteiger partial charge >= 0.3 is 6.03 Å². The summed E-state index contributed by atoms with van der Waals surface area (Å²) in [7, 11) is 0. The van der Waals surface area contributed by atoms with Crippen molar-refractivity contribution in [3.05, 3.63) is 71.8 Å². The molecule has 2 aromatic carbocycles. The Bertz CT molecular complexity index is 860. The molecule has 0 saturated heterocycles. The number of hydrogen-bond donors (Lipinski definition) is 4. The summed E-state index contributed by atoms with van der Waals surface area (Å²) >= 11 is 0. The second-order valence-electron chi connectivity index (χ2n) is 7.12. The number of benzene rings is 2. The summed E-state index contributed by atoms with van der Waals surface area (Å²) in [5.41, 5.74) is 10.2. The highest BCUT2D eigenvalue weighted by Crippen LogP contribution is 2.21. The van der Waals surface area contributed by atoms with Crippen LogP contribution < -0.4 is 21.8 Å². The lowest BCUT2D eigenvalue weighted by Crippen LogP contribution is -2.46. The molecule has 0 bridgehead atoms. The molecule has 0 aliphatic heterocycles. The number of hydrogen-bond acceptors (Lipinski definition) is 5. The number of carbonyl (C=O) groups is 3. The second kappa shape index (κ2) is 12.2. The topological polar surface area (TPSA) is 126 Å². The average molecular weight is 424 g/mol. The van der Waals surface area contributed by atoms with E-state index < -0.39 is 24.0 Å². The third-order valence-electron chi connectivity index (χ3n) is 4.50. The van der Waals surface area contributed by atoms with Crippen LogP contribution in [0.5, 0.6) is 0 Å².